The van der Waals surface area contributed by atoms with Crippen LogP contribution in [0.2, 0.25) is 0 Å². The number of hydrogen-bond acceptors (Lipinski definition) is 1. The molecule has 0 aliphatic carbocycles. The summed E-state index contributed by atoms with van der Waals surface area (Å²) in [5, 5.41) is 0.484. The molecule has 0 aromatic heterocycles. The molecule has 0 fully saturated rings. The minimum atomic E-state index is -0.600. The van der Waals surface area contributed by atoms with Gasteiger partial charge in [-0.1, -0.05) is 17.7 Å². The molecule has 15 heavy (non-hydrogen) atoms. The SMILES string of the molecule is Cl.NC/C=C(/Cl)Cc1cc(F)cc(F)c1. The third kappa shape index (κ3) is 5.11. The van der Waals surface area contributed by atoms with E-state index in [2.05, 4.69) is 0 Å². The maximum Gasteiger partial charge on any atom is 0.126 e. The Morgan fingerprint density at radius 1 is 1.27 bits per heavy atom. The predicted molar refractivity (Wildman–Crippen MR) is 60.3 cm³/mol. The second-order valence-electron chi connectivity index (χ2n) is 2.84. The Kier molecular flexibility index (Phi) is 6.48. The van der Waals surface area contributed by atoms with Crippen molar-refractivity contribution in [1.82, 2.24) is 0 Å². The molecule has 0 spiro atoms. The molecule has 0 saturated carbocycles. The lowest BCUT2D eigenvalue weighted by Gasteiger charge is -2.00. The van der Waals surface area contributed by atoms with Gasteiger partial charge in [-0.15, -0.1) is 12.4 Å². The van der Waals surface area contributed by atoms with Crippen molar-refractivity contribution in [3.05, 3.63) is 46.5 Å². The standard InChI is InChI=1S/C10H10ClF2N.ClH/c11-8(1-2-14)3-7-4-9(12)6-10(13)5-7;/h1,4-6H,2-3,14H2;1H/b8-1+;. The van der Waals surface area contributed by atoms with Crippen LogP contribution in [0, 0.1) is 11.6 Å². The Bertz CT molecular complexity index is 333. The van der Waals surface area contributed by atoms with Crippen molar-refractivity contribution >= 4 is 24.0 Å². The van der Waals surface area contributed by atoms with Crippen LogP contribution in [0.4, 0.5) is 8.78 Å². The van der Waals surface area contributed by atoms with E-state index in [9.17, 15) is 8.78 Å². The average molecular weight is 254 g/mol. The van der Waals surface area contributed by atoms with E-state index in [4.69, 9.17) is 17.3 Å². The van der Waals surface area contributed by atoms with Crippen molar-refractivity contribution < 1.29 is 8.78 Å². The van der Waals surface area contributed by atoms with Gasteiger partial charge in [-0.3, -0.25) is 0 Å². The molecular formula is C10H11Cl2F2N. The van der Waals surface area contributed by atoms with Crippen LogP contribution in [0.25, 0.3) is 0 Å². The highest BCUT2D eigenvalue weighted by atomic mass is 35.5. The summed E-state index contributed by atoms with van der Waals surface area (Å²) in [5.74, 6) is -1.20. The Labute approximate surface area is 98.3 Å². The minimum absolute atomic E-state index is 0. The van der Waals surface area contributed by atoms with Crippen molar-refractivity contribution in [1.29, 1.82) is 0 Å². The Morgan fingerprint density at radius 2 is 1.80 bits per heavy atom. The fraction of sp³-hybridized carbons (Fsp3) is 0.200. The van der Waals surface area contributed by atoms with Gasteiger partial charge in [-0.2, -0.15) is 0 Å². The largest absolute Gasteiger partial charge is 0.327 e. The Balaban J connectivity index is 0.00000196. The van der Waals surface area contributed by atoms with Crippen LogP contribution in [-0.4, -0.2) is 6.54 Å². The maximum atomic E-state index is 12.7. The molecule has 0 radical (unpaired) electrons. The fourth-order valence-electron chi connectivity index (χ4n) is 1.11. The summed E-state index contributed by atoms with van der Waals surface area (Å²) < 4.78 is 25.5. The minimum Gasteiger partial charge on any atom is -0.327 e. The number of rotatable bonds is 3. The molecule has 1 nitrogen and oxygen atoms in total. The van der Waals surface area contributed by atoms with Crippen LogP contribution in [0.3, 0.4) is 0 Å². The molecule has 0 amide bonds. The van der Waals surface area contributed by atoms with E-state index in [1.807, 2.05) is 0 Å². The van der Waals surface area contributed by atoms with Crippen molar-refractivity contribution in [3.63, 3.8) is 0 Å². The molecule has 1 aromatic carbocycles. The average Bonchev–Trinajstić information content (AvgIpc) is 2.01. The van der Waals surface area contributed by atoms with E-state index in [1.54, 1.807) is 6.08 Å². The number of allylic oxidation sites excluding steroid dienone is 1. The van der Waals surface area contributed by atoms with Gasteiger partial charge in [0.1, 0.15) is 11.6 Å². The zero-order valence-electron chi connectivity index (χ0n) is 7.84. The zero-order valence-corrected chi connectivity index (χ0v) is 9.42. The highest BCUT2D eigenvalue weighted by molar-refractivity contribution is 6.29. The van der Waals surface area contributed by atoms with Gasteiger partial charge in [0.05, 0.1) is 0 Å². The lowest BCUT2D eigenvalue weighted by molar-refractivity contribution is 0.580. The topological polar surface area (TPSA) is 26.0 Å². The molecule has 0 aliphatic heterocycles. The maximum absolute atomic E-state index is 12.7. The molecule has 0 saturated heterocycles. The van der Waals surface area contributed by atoms with E-state index < -0.39 is 11.6 Å². The van der Waals surface area contributed by atoms with Crippen molar-refractivity contribution in [2.75, 3.05) is 6.54 Å². The first-order valence-electron chi connectivity index (χ1n) is 4.11. The Morgan fingerprint density at radius 3 is 2.27 bits per heavy atom. The van der Waals surface area contributed by atoms with Crippen molar-refractivity contribution in [3.8, 4) is 0 Å². The predicted octanol–water partition coefficient (Wildman–Crippen LogP) is 3.01. The second kappa shape index (κ2) is 6.77. The Hall–Kier alpha value is -0.640. The number of benzene rings is 1. The van der Waals surface area contributed by atoms with Crippen LogP contribution in [0.15, 0.2) is 29.3 Å². The molecule has 0 atom stereocenters. The smallest absolute Gasteiger partial charge is 0.126 e. The first-order valence-corrected chi connectivity index (χ1v) is 4.49. The molecule has 84 valence electrons. The monoisotopic (exact) mass is 253 g/mol. The van der Waals surface area contributed by atoms with Gasteiger partial charge in [-0.05, 0) is 17.7 Å². The molecule has 0 bridgehead atoms. The number of hydrogen-bond donors (Lipinski definition) is 1. The zero-order chi connectivity index (χ0) is 10.6. The molecular weight excluding hydrogens is 243 g/mol. The van der Waals surface area contributed by atoms with E-state index in [0.717, 1.165) is 6.07 Å². The first kappa shape index (κ1) is 14.4. The second-order valence-corrected chi connectivity index (χ2v) is 3.33. The fourth-order valence-corrected chi connectivity index (χ4v) is 1.35. The summed E-state index contributed by atoms with van der Waals surface area (Å²) in [6.45, 7) is 0.316. The summed E-state index contributed by atoms with van der Waals surface area (Å²) in [5.41, 5.74) is 5.73. The van der Waals surface area contributed by atoms with Crippen molar-refractivity contribution in [2.45, 2.75) is 6.42 Å². The molecule has 0 aliphatic rings. The van der Waals surface area contributed by atoms with Crippen LogP contribution in [-0.2, 0) is 6.42 Å². The van der Waals surface area contributed by atoms with Gasteiger partial charge in [-0.25, -0.2) is 8.78 Å². The van der Waals surface area contributed by atoms with Gasteiger partial charge >= 0.3 is 0 Å². The molecule has 2 N–H and O–H groups in total. The third-order valence-electron chi connectivity index (χ3n) is 1.63. The molecule has 0 heterocycles. The highest BCUT2D eigenvalue weighted by Gasteiger charge is 2.01. The van der Waals surface area contributed by atoms with E-state index in [-0.39, 0.29) is 12.4 Å². The van der Waals surface area contributed by atoms with E-state index in [1.165, 1.54) is 12.1 Å². The van der Waals surface area contributed by atoms with E-state index >= 15 is 0 Å². The summed E-state index contributed by atoms with van der Waals surface area (Å²) in [6.07, 6.45) is 1.90. The summed E-state index contributed by atoms with van der Waals surface area (Å²) in [4.78, 5) is 0. The molecule has 1 rings (SSSR count). The summed E-state index contributed by atoms with van der Waals surface area (Å²) in [7, 11) is 0. The molecule has 0 unspecified atom stereocenters. The molecule has 1 aromatic rings. The molecule has 5 heteroatoms. The number of halogens is 4. The quantitative estimate of drug-likeness (QED) is 0.881. The van der Waals surface area contributed by atoms with Crippen LogP contribution in [0.1, 0.15) is 5.56 Å². The lowest BCUT2D eigenvalue weighted by Crippen LogP contribution is -1.96. The van der Waals surface area contributed by atoms with Crippen molar-refractivity contribution in [2.24, 2.45) is 5.73 Å². The third-order valence-corrected chi connectivity index (χ3v) is 1.92. The van der Waals surface area contributed by atoms with Crippen LogP contribution < -0.4 is 5.73 Å². The normalized spacial score (nSPS) is 11.1. The van der Waals surface area contributed by atoms with Gasteiger partial charge in [0, 0.05) is 24.1 Å². The van der Waals surface area contributed by atoms with Gasteiger partial charge < -0.3 is 5.73 Å². The van der Waals surface area contributed by atoms with Crippen LogP contribution >= 0.6 is 24.0 Å². The summed E-state index contributed by atoms with van der Waals surface area (Å²) >= 11 is 5.76. The lowest BCUT2D eigenvalue weighted by atomic mass is 10.1. The highest BCUT2D eigenvalue weighted by Crippen LogP contribution is 2.14. The first-order chi connectivity index (χ1) is 6.61. The summed E-state index contributed by atoms with van der Waals surface area (Å²) in [6, 6.07) is 3.32. The van der Waals surface area contributed by atoms with Gasteiger partial charge in [0.2, 0.25) is 0 Å². The van der Waals surface area contributed by atoms with E-state index in [0.29, 0.717) is 23.6 Å². The van der Waals surface area contributed by atoms with Gasteiger partial charge in [0.15, 0.2) is 0 Å². The number of nitrogens with two attached hydrogens (primary N) is 1. The van der Waals surface area contributed by atoms with Gasteiger partial charge in [0.25, 0.3) is 0 Å². The van der Waals surface area contributed by atoms with Crippen LogP contribution in [0.5, 0.6) is 0 Å².